The van der Waals surface area contributed by atoms with Gasteiger partial charge >= 0.3 is 5.97 Å². The van der Waals surface area contributed by atoms with Crippen LogP contribution in [0.1, 0.15) is 22.8 Å². The number of benzene rings is 3. The van der Waals surface area contributed by atoms with Crippen molar-refractivity contribution in [3.8, 4) is 28.8 Å². The maximum atomic E-state index is 13.2. The fourth-order valence-electron chi connectivity index (χ4n) is 3.69. The first-order chi connectivity index (χ1) is 17.4. The normalized spacial score (nSPS) is 11.3. The highest BCUT2D eigenvalue weighted by Crippen LogP contribution is 2.33. The van der Waals surface area contributed by atoms with Crippen LogP contribution in [0.15, 0.2) is 72.8 Å². The molecule has 1 amide bonds. The number of ether oxygens (including phenoxy) is 3. The number of hydrogen-bond acceptors (Lipinski definition) is 7. The molecule has 1 unspecified atom stereocenters. The van der Waals surface area contributed by atoms with Gasteiger partial charge in [-0.25, -0.2) is 9.78 Å². The monoisotopic (exact) mass is 481 g/mol. The summed E-state index contributed by atoms with van der Waals surface area (Å²) < 4.78 is 16.2. The Morgan fingerprint density at radius 3 is 2.42 bits per heavy atom. The second kappa shape index (κ2) is 10.6. The fourth-order valence-corrected chi connectivity index (χ4v) is 3.69. The summed E-state index contributed by atoms with van der Waals surface area (Å²) in [6, 6.07) is 22.8. The summed E-state index contributed by atoms with van der Waals surface area (Å²) in [5, 5.41) is 12.5. The molecule has 36 heavy (non-hydrogen) atoms. The molecule has 4 aromatic rings. The van der Waals surface area contributed by atoms with E-state index in [1.54, 1.807) is 74.9 Å². The summed E-state index contributed by atoms with van der Waals surface area (Å²) in [7, 11) is 3.09. The predicted octanol–water partition coefficient (Wildman–Crippen LogP) is 4.97. The first kappa shape index (κ1) is 24.2. The zero-order chi connectivity index (χ0) is 25.7. The summed E-state index contributed by atoms with van der Waals surface area (Å²) in [4.78, 5) is 30.6. The first-order valence-electron chi connectivity index (χ1n) is 11.1. The van der Waals surface area contributed by atoms with Crippen LogP contribution in [0.5, 0.6) is 11.5 Å². The third kappa shape index (κ3) is 4.95. The highest BCUT2D eigenvalue weighted by Gasteiger charge is 2.22. The second-order valence-corrected chi connectivity index (χ2v) is 7.84. The lowest BCUT2D eigenvalue weighted by Gasteiger charge is -2.16. The highest BCUT2D eigenvalue weighted by atomic mass is 16.5. The Hall–Kier alpha value is -4.90. The Kier molecular flexibility index (Phi) is 7.12. The molecular formula is C28H23N3O5. The number of nitrogens with zero attached hydrogens (tertiary/aromatic N) is 2. The molecule has 0 aliphatic heterocycles. The van der Waals surface area contributed by atoms with Gasteiger partial charge in [0.05, 0.1) is 42.2 Å². The van der Waals surface area contributed by atoms with Crippen molar-refractivity contribution in [1.29, 1.82) is 5.26 Å². The average molecular weight is 482 g/mol. The van der Waals surface area contributed by atoms with Gasteiger partial charge in [-0.05, 0) is 49.4 Å². The Bertz CT molecular complexity index is 1490. The van der Waals surface area contributed by atoms with Crippen LogP contribution >= 0.6 is 0 Å². The molecule has 0 aliphatic rings. The third-order valence-electron chi connectivity index (χ3n) is 5.57. The lowest BCUT2D eigenvalue weighted by molar-refractivity contribution is -0.123. The van der Waals surface area contributed by atoms with Crippen LogP contribution in [0.2, 0.25) is 0 Å². The zero-order valence-electron chi connectivity index (χ0n) is 19.9. The first-order valence-corrected chi connectivity index (χ1v) is 11.1. The number of nitriles is 1. The number of hydrogen-bond donors (Lipinski definition) is 1. The molecule has 1 N–H and O–H groups in total. The molecule has 3 aromatic carbocycles. The van der Waals surface area contributed by atoms with Crippen molar-refractivity contribution in [1.82, 2.24) is 4.98 Å². The molecule has 0 saturated heterocycles. The summed E-state index contributed by atoms with van der Waals surface area (Å²) >= 11 is 0. The van der Waals surface area contributed by atoms with E-state index in [0.717, 1.165) is 0 Å². The summed E-state index contributed by atoms with van der Waals surface area (Å²) in [6.07, 6.45) is -1.11. The van der Waals surface area contributed by atoms with Gasteiger partial charge in [0, 0.05) is 10.9 Å². The standard InChI is InChI=1S/C28H23N3O5/c1-17(27(32)31-22-10-6-4-8-19(22)16-29)36-28(33)21-15-24(30-23-11-7-5-9-20(21)23)18-12-13-25(34-2)26(14-18)35-3/h4-15,17H,1-3H3,(H,31,32). The quantitative estimate of drug-likeness (QED) is 0.371. The molecule has 0 fully saturated rings. The van der Waals surface area contributed by atoms with E-state index in [1.165, 1.54) is 6.92 Å². The smallest absolute Gasteiger partial charge is 0.339 e. The Balaban J connectivity index is 1.64. The van der Waals surface area contributed by atoms with E-state index >= 15 is 0 Å². The minimum Gasteiger partial charge on any atom is -0.493 e. The average Bonchev–Trinajstić information content (AvgIpc) is 2.92. The number of amides is 1. The van der Waals surface area contributed by atoms with Gasteiger partial charge in [-0.3, -0.25) is 4.79 Å². The largest absolute Gasteiger partial charge is 0.493 e. The SMILES string of the molecule is COc1ccc(-c2cc(C(=O)OC(C)C(=O)Nc3ccccc3C#N)c3ccccc3n2)cc1OC. The number of rotatable bonds is 7. The summed E-state index contributed by atoms with van der Waals surface area (Å²) in [6.45, 7) is 1.47. The van der Waals surface area contributed by atoms with Crippen LogP contribution in [-0.2, 0) is 9.53 Å². The number of esters is 1. The molecule has 0 bridgehead atoms. The number of anilines is 1. The van der Waals surface area contributed by atoms with Crippen molar-refractivity contribution in [3.05, 3.63) is 83.9 Å². The highest BCUT2D eigenvalue weighted by molar-refractivity contribution is 6.06. The molecule has 0 spiro atoms. The van der Waals surface area contributed by atoms with Gasteiger partial charge in [0.15, 0.2) is 17.6 Å². The molecule has 1 aromatic heterocycles. The summed E-state index contributed by atoms with van der Waals surface area (Å²) in [5.74, 6) is -0.132. The lowest BCUT2D eigenvalue weighted by Crippen LogP contribution is -2.30. The van der Waals surface area contributed by atoms with E-state index in [-0.39, 0.29) is 5.56 Å². The minimum atomic E-state index is -1.11. The summed E-state index contributed by atoms with van der Waals surface area (Å²) in [5.41, 5.74) is 2.76. The third-order valence-corrected chi connectivity index (χ3v) is 5.57. The van der Waals surface area contributed by atoms with Crippen LogP contribution < -0.4 is 14.8 Å². The van der Waals surface area contributed by atoms with Crippen LogP contribution in [0.25, 0.3) is 22.2 Å². The fraction of sp³-hybridized carbons (Fsp3) is 0.143. The molecule has 8 nitrogen and oxygen atoms in total. The van der Waals surface area contributed by atoms with Crippen molar-refractivity contribution in [2.45, 2.75) is 13.0 Å². The molecule has 1 heterocycles. The van der Waals surface area contributed by atoms with Gasteiger partial charge in [0.25, 0.3) is 5.91 Å². The van der Waals surface area contributed by atoms with Gasteiger partial charge in [-0.1, -0.05) is 30.3 Å². The molecule has 4 rings (SSSR count). The van der Waals surface area contributed by atoms with Crippen molar-refractivity contribution in [2.24, 2.45) is 0 Å². The zero-order valence-corrected chi connectivity index (χ0v) is 19.9. The van der Waals surface area contributed by atoms with E-state index < -0.39 is 18.0 Å². The predicted molar refractivity (Wildman–Crippen MR) is 135 cm³/mol. The van der Waals surface area contributed by atoms with Gasteiger partial charge in [0.1, 0.15) is 6.07 Å². The van der Waals surface area contributed by atoms with E-state index in [9.17, 15) is 14.9 Å². The van der Waals surface area contributed by atoms with Crippen molar-refractivity contribution in [2.75, 3.05) is 19.5 Å². The molecule has 0 saturated carbocycles. The van der Waals surface area contributed by atoms with Gasteiger partial charge in [-0.2, -0.15) is 5.26 Å². The van der Waals surface area contributed by atoms with Gasteiger partial charge in [-0.15, -0.1) is 0 Å². The van der Waals surface area contributed by atoms with E-state index in [4.69, 9.17) is 19.2 Å². The van der Waals surface area contributed by atoms with E-state index in [2.05, 4.69) is 5.32 Å². The van der Waals surface area contributed by atoms with Crippen molar-refractivity contribution < 1.29 is 23.8 Å². The van der Waals surface area contributed by atoms with Crippen LogP contribution in [0, 0.1) is 11.3 Å². The van der Waals surface area contributed by atoms with Crippen LogP contribution in [0.3, 0.4) is 0 Å². The maximum Gasteiger partial charge on any atom is 0.339 e. The van der Waals surface area contributed by atoms with Gasteiger partial charge in [0.2, 0.25) is 0 Å². The number of pyridine rings is 1. The minimum absolute atomic E-state index is 0.266. The van der Waals surface area contributed by atoms with Crippen molar-refractivity contribution in [3.63, 3.8) is 0 Å². The second-order valence-electron chi connectivity index (χ2n) is 7.84. The van der Waals surface area contributed by atoms with Crippen LogP contribution in [0.4, 0.5) is 5.69 Å². The Morgan fingerprint density at radius 2 is 1.67 bits per heavy atom. The van der Waals surface area contributed by atoms with E-state index in [1.807, 2.05) is 18.2 Å². The maximum absolute atomic E-state index is 13.2. The number of para-hydroxylation sites is 2. The topological polar surface area (TPSA) is 111 Å². The lowest BCUT2D eigenvalue weighted by atomic mass is 10.0. The van der Waals surface area contributed by atoms with Crippen LogP contribution in [-0.4, -0.2) is 37.2 Å². The van der Waals surface area contributed by atoms with Crippen molar-refractivity contribution >= 4 is 28.5 Å². The molecule has 0 aliphatic carbocycles. The Labute approximate surface area is 208 Å². The van der Waals surface area contributed by atoms with E-state index in [0.29, 0.717) is 44.9 Å². The number of aromatic nitrogens is 1. The number of nitrogens with one attached hydrogen (secondary N) is 1. The molecule has 180 valence electrons. The van der Waals surface area contributed by atoms with Gasteiger partial charge < -0.3 is 19.5 Å². The molecule has 8 heteroatoms. The number of carbonyl (C=O) groups excluding carboxylic acids is 2. The Morgan fingerprint density at radius 1 is 0.944 bits per heavy atom. The number of carbonyl (C=O) groups is 2. The molecule has 0 radical (unpaired) electrons. The number of methoxy groups -OCH3 is 2. The molecule has 1 atom stereocenters. The number of fused-ring (bicyclic) bond motifs is 1. The molecular weight excluding hydrogens is 458 g/mol.